The molecule has 1 aliphatic heterocycles. The van der Waals surface area contributed by atoms with Crippen LogP contribution < -0.4 is 5.32 Å². The molecule has 2 N–H and O–H groups in total. The first-order chi connectivity index (χ1) is 11.5. The number of rotatable bonds is 3. The summed E-state index contributed by atoms with van der Waals surface area (Å²) in [7, 11) is -3.16. The highest BCUT2D eigenvalue weighted by Gasteiger charge is 2.26. The van der Waals surface area contributed by atoms with Gasteiger partial charge in [-0.05, 0) is 18.9 Å². The zero-order chi connectivity index (χ0) is 16.7. The molecule has 1 unspecified atom stereocenters. The number of nitrogens with zero attached hydrogens (tertiary/aromatic N) is 3. The molecule has 4 rings (SSSR count). The van der Waals surface area contributed by atoms with Gasteiger partial charge in [-0.3, -0.25) is 0 Å². The van der Waals surface area contributed by atoms with Gasteiger partial charge in [-0.2, -0.15) is 0 Å². The summed E-state index contributed by atoms with van der Waals surface area (Å²) in [6.45, 7) is 1.05. The minimum absolute atomic E-state index is 0.0419. The lowest BCUT2D eigenvalue weighted by Crippen LogP contribution is -2.44. The molecule has 24 heavy (non-hydrogen) atoms. The van der Waals surface area contributed by atoms with Crippen LogP contribution in [0.2, 0.25) is 0 Å². The van der Waals surface area contributed by atoms with E-state index in [0.29, 0.717) is 13.1 Å². The fourth-order valence-corrected chi connectivity index (χ4v) is 4.25. The first-order valence-corrected chi connectivity index (χ1v) is 9.80. The maximum Gasteiger partial charge on any atom is 0.211 e. The van der Waals surface area contributed by atoms with Gasteiger partial charge in [-0.25, -0.2) is 22.7 Å². The van der Waals surface area contributed by atoms with Crippen LogP contribution in [0.25, 0.3) is 21.9 Å². The summed E-state index contributed by atoms with van der Waals surface area (Å²) in [6.07, 6.45) is 4.54. The second kappa shape index (κ2) is 5.71. The van der Waals surface area contributed by atoms with Crippen LogP contribution in [0.4, 0.5) is 5.82 Å². The van der Waals surface area contributed by atoms with Crippen LogP contribution in [0.3, 0.4) is 0 Å². The highest BCUT2D eigenvalue weighted by atomic mass is 32.2. The topological polar surface area (TPSA) is 91.0 Å². The van der Waals surface area contributed by atoms with Gasteiger partial charge in [0.1, 0.15) is 17.8 Å². The van der Waals surface area contributed by atoms with Gasteiger partial charge in [0, 0.05) is 30.0 Å². The van der Waals surface area contributed by atoms with Gasteiger partial charge in [0.05, 0.1) is 11.6 Å². The van der Waals surface area contributed by atoms with Crippen molar-refractivity contribution < 1.29 is 8.42 Å². The molecule has 126 valence electrons. The van der Waals surface area contributed by atoms with Crippen LogP contribution in [-0.2, 0) is 10.0 Å². The zero-order valence-corrected chi connectivity index (χ0v) is 14.2. The molecule has 8 heteroatoms. The molecule has 0 radical (unpaired) electrons. The Labute approximate surface area is 140 Å². The summed E-state index contributed by atoms with van der Waals surface area (Å²) in [6, 6.07) is 8.04. The molecule has 1 aromatic carbocycles. The number of fused-ring (bicyclic) bond motifs is 3. The van der Waals surface area contributed by atoms with Crippen LogP contribution >= 0.6 is 0 Å². The average Bonchev–Trinajstić information content (AvgIpc) is 2.94. The molecule has 0 spiro atoms. The van der Waals surface area contributed by atoms with Crippen molar-refractivity contribution >= 4 is 37.8 Å². The Morgan fingerprint density at radius 1 is 1.29 bits per heavy atom. The molecular weight excluding hydrogens is 326 g/mol. The van der Waals surface area contributed by atoms with E-state index in [0.717, 1.165) is 40.6 Å². The Kier molecular flexibility index (Phi) is 3.65. The normalized spacial score (nSPS) is 19.8. The summed E-state index contributed by atoms with van der Waals surface area (Å²) in [4.78, 5) is 12.0. The molecule has 0 amide bonds. The van der Waals surface area contributed by atoms with Crippen molar-refractivity contribution in [3.05, 3.63) is 30.6 Å². The van der Waals surface area contributed by atoms with Crippen molar-refractivity contribution in [2.24, 2.45) is 0 Å². The summed E-state index contributed by atoms with van der Waals surface area (Å²) in [5.41, 5.74) is 1.79. The summed E-state index contributed by atoms with van der Waals surface area (Å²) < 4.78 is 25.1. The maximum absolute atomic E-state index is 11.8. The number of hydrogen-bond donors (Lipinski definition) is 2. The highest BCUT2D eigenvalue weighted by Crippen LogP contribution is 2.29. The highest BCUT2D eigenvalue weighted by molar-refractivity contribution is 7.88. The minimum Gasteiger partial charge on any atom is -0.365 e. The van der Waals surface area contributed by atoms with Gasteiger partial charge in [-0.1, -0.05) is 18.2 Å². The second-order valence-electron chi connectivity index (χ2n) is 6.22. The number of nitrogens with one attached hydrogen (secondary N) is 2. The van der Waals surface area contributed by atoms with Crippen molar-refractivity contribution in [2.45, 2.75) is 18.9 Å². The van der Waals surface area contributed by atoms with Gasteiger partial charge >= 0.3 is 0 Å². The Morgan fingerprint density at radius 2 is 2.12 bits per heavy atom. The van der Waals surface area contributed by atoms with E-state index in [4.69, 9.17) is 0 Å². The minimum atomic E-state index is -3.16. The number of aromatic nitrogens is 3. The molecule has 1 aliphatic rings. The first-order valence-electron chi connectivity index (χ1n) is 7.95. The molecule has 1 atom stereocenters. The Hall–Kier alpha value is -2.19. The largest absolute Gasteiger partial charge is 0.365 e. The fraction of sp³-hybridized carbons (Fsp3) is 0.375. The van der Waals surface area contributed by atoms with Crippen LogP contribution in [0, 0.1) is 0 Å². The van der Waals surface area contributed by atoms with Crippen LogP contribution in [0.1, 0.15) is 12.8 Å². The Bertz CT molecular complexity index is 998. The van der Waals surface area contributed by atoms with Crippen LogP contribution in [0.5, 0.6) is 0 Å². The number of aromatic amines is 1. The lowest BCUT2D eigenvalue weighted by molar-refractivity contribution is 0.329. The summed E-state index contributed by atoms with van der Waals surface area (Å²) >= 11 is 0. The monoisotopic (exact) mass is 345 g/mol. The van der Waals surface area contributed by atoms with Gasteiger partial charge in [-0.15, -0.1) is 0 Å². The van der Waals surface area contributed by atoms with Gasteiger partial charge in [0.25, 0.3) is 0 Å². The number of H-pyrrole nitrogens is 1. The lowest BCUT2D eigenvalue weighted by atomic mass is 10.1. The quantitative estimate of drug-likeness (QED) is 0.757. The molecule has 0 aliphatic carbocycles. The molecule has 1 saturated heterocycles. The van der Waals surface area contributed by atoms with Crippen LogP contribution in [-0.4, -0.2) is 53.1 Å². The average molecular weight is 345 g/mol. The SMILES string of the molecule is CS(=O)(=O)N1CCCC(Nc2ncnc3[nH]c4ccccc4c23)C1. The maximum atomic E-state index is 11.8. The third-order valence-electron chi connectivity index (χ3n) is 4.49. The molecule has 0 saturated carbocycles. The molecular formula is C16H19N5O2S. The van der Waals surface area contributed by atoms with E-state index in [9.17, 15) is 8.42 Å². The summed E-state index contributed by atoms with van der Waals surface area (Å²) in [5, 5.41) is 5.44. The van der Waals surface area contributed by atoms with E-state index >= 15 is 0 Å². The third-order valence-corrected chi connectivity index (χ3v) is 5.76. The molecule has 3 heterocycles. The van der Waals surface area contributed by atoms with Crippen molar-refractivity contribution in [3.63, 3.8) is 0 Å². The van der Waals surface area contributed by atoms with Gasteiger partial charge in [0.2, 0.25) is 10.0 Å². The molecule has 7 nitrogen and oxygen atoms in total. The number of hydrogen-bond acceptors (Lipinski definition) is 5. The van der Waals surface area contributed by atoms with E-state index in [-0.39, 0.29) is 6.04 Å². The van der Waals surface area contributed by atoms with E-state index in [1.54, 1.807) is 0 Å². The molecule has 1 fully saturated rings. The number of piperidine rings is 1. The predicted octanol–water partition coefficient (Wildman–Crippen LogP) is 1.95. The smallest absolute Gasteiger partial charge is 0.211 e. The third kappa shape index (κ3) is 2.71. The van der Waals surface area contributed by atoms with Crippen molar-refractivity contribution in [2.75, 3.05) is 24.7 Å². The standard InChI is InChI=1S/C16H19N5O2S/c1-24(22,23)21-8-4-5-11(9-21)19-15-14-12-6-2-3-7-13(12)20-16(14)18-10-17-15/h2-3,6-7,10-11H,4-5,8-9H2,1H3,(H2,17,18,19,20). The summed E-state index contributed by atoms with van der Waals surface area (Å²) in [5.74, 6) is 0.748. The second-order valence-corrected chi connectivity index (χ2v) is 8.20. The number of sulfonamides is 1. The van der Waals surface area contributed by atoms with Crippen molar-refractivity contribution in [1.82, 2.24) is 19.3 Å². The lowest BCUT2D eigenvalue weighted by Gasteiger charge is -2.31. The first kappa shape index (κ1) is 15.3. The molecule has 2 aromatic heterocycles. The Balaban J connectivity index is 1.70. The molecule has 0 bridgehead atoms. The Morgan fingerprint density at radius 3 is 2.96 bits per heavy atom. The predicted molar refractivity (Wildman–Crippen MR) is 94.5 cm³/mol. The van der Waals surface area contributed by atoms with Gasteiger partial charge in [0.15, 0.2) is 0 Å². The van der Waals surface area contributed by atoms with Gasteiger partial charge < -0.3 is 10.3 Å². The van der Waals surface area contributed by atoms with Crippen molar-refractivity contribution in [3.8, 4) is 0 Å². The van der Waals surface area contributed by atoms with E-state index in [2.05, 4.69) is 20.3 Å². The van der Waals surface area contributed by atoms with Crippen LogP contribution in [0.15, 0.2) is 30.6 Å². The molecule has 3 aromatic rings. The van der Waals surface area contributed by atoms with E-state index in [1.807, 2.05) is 24.3 Å². The number of anilines is 1. The van der Waals surface area contributed by atoms with Crippen molar-refractivity contribution in [1.29, 1.82) is 0 Å². The van der Waals surface area contributed by atoms with E-state index in [1.165, 1.54) is 16.9 Å². The van der Waals surface area contributed by atoms with E-state index < -0.39 is 10.0 Å². The number of benzene rings is 1. The fourth-order valence-electron chi connectivity index (χ4n) is 3.34. The zero-order valence-electron chi connectivity index (χ0n) is 13.4. The number of para-hydroxylation sites is 1.